The van der Waals surface area contributed by atoms with E-state index in [0.29, 0.717) is 5.56 Å². The van der Waals surface area contributed by atoms with E-state index in [9.17, 15) is 31.5 Å². The first-order valence-electron chi connectivity index (χ1n) is 10.1. The highest BCUT2D eigenvalue weighted by Crippen LogP contribution is 2.46. The highest BCUT2D eigenvalue weighted by molar-refractivity contribution is 7.91. The van der Waals surface area contributed by atoms with Crippen molar-refractivity contribution in [3.05, 3.63) is 65.2 Å². The third kappa shape index (κ3) is 6.10. The van der Waals surface area contributed by atoms with Crippen molar-refractivity contribution >= 4 is 15.7 Å². The molecule has 0 aliphatic rings. The Kier molecular flexibility index (Phi) is 7.46. The van der Waals surface area contributed by atoms with Crippen molar-refractivity contribution in [2.45, 2.75) is 57.3 Å². The van der Waals surface area contributed by atoms with Crippen molar-refractivity contribution < 1.29 is 31.5 Å². The van der Waals surface area contributed by atoms with Gasteiger partial charge >= 0.3 is 6.18 Å². The molecule has 1 atom stereocenters. The summed E-state index contributed by atoms with van der Waals surface area (Å²) in [6, 6.07) is 10.8. The van der Waals surface area contributed by atoms with Crippen LogP contribution in [-0.4, -0.2) is 31.4 Å². The van der Waals surface area contributed by atoms with E-state index in [-0.39, 0.29) is 28.3 Å². The number of hydrogen-bond acceptors (Lipinski definition) is 4. The molecule has 0 fully saturated rings. The highest BCUT2D eigenvalue weighted by Gasteiger charge is 2.56. The molecule has 32 heavy (non-hydrogen) atoms. The van der Waals surface area contributed by atoms with E-state index in [1.165, 1.54) is 24.3 Å². The third-order valence-corrected chi connectivity index (χ3v) is 6.75. The van der Waals surface area contributed by atoms with Crippen LogP contribution in [0.1, 0.15) is 55.6 Å². The summed E-state index contributed by atoms with van der Waals surface area (Å²) >= 11 is 0. The zero-order chi connectivity index (χ0) is 24.4. The number of rotatable bonds is 7. The second kappa shape index (κ2) is 9.23. The number of halogens is 3. The van der Waals surface area contributed by atoms with Crippen LogP contribution in [-0.2, 0) is 22.0 Å². The number of carbonyl (C=O) groups is 1. The lowest BCUT2D eigenvalue weighted by Crippen LogP contribution is -2.45. The highest BCUT2D eigenvalue weighted by atomic mass is 32.2. The van der Waals surface area contributed by atoms with Crippen molar-refractivity contribution in [3.8, 4) is 0 Å². The molecule has 0 spiro atoms. The lowest BCUT2D eigenvalue weighted by molar-refractivity contribution is -0.276. The summed E-state index contributed by atoms with van der Waals surface area (Å²) in [5.41, 5.74) is -3.34. The van der Waals surface area contributed by atoms with Crippen LogP contribution in [0.4, 0.5) is 13.2 Å². The van der Waals surface area contributed by atoms with Crippen LogP contribution >= 0.6 is 0 Å². The smallest absolute Gasteiger partial charge is 0.376 e. The Morgan fingerprint density at radius 2 is 1.50 bits per heavy atom. The fourth-order valence-electron chi connectivity index (χ4n) is 3.30. The number of aliphatic hydroxyl groups is 1. The topological polar surface area (TPSA) is 83.5 Å². The third-order valence-electron chi connectivity index (χ3n) is 5.00. The van der Waals surface area contributed by atoms with Gasteiger partial charge in [-0.15, -0.1) is 0 Å². The Morgan fingerprint density at radius 1 is 0.969 bits per heavy atom. The summed E-state index contributed by atoms with van der Waals surface area (Å²) in [4.78, 5) is 12.6. The van der Waals surface area contributed by atoms with Crippen molar-refractivity contribution in [1.29, 1.82) is 0 Å². The average Bonchev–Trinajstić information content (AvgIpc) is 2.70. The molecule has 1 unspecified atom stereocenters. The van der Waals surface area contributed by atoms with Gasteiger partial charge in [0.2, 0.25) is 0 Å². The minimum atomic E-state index is -4.87. The Balaban J connectivity index is 2.13. The van der Waals surface area contributed by atoms with E-state index in [1.54, 1.807) is 39.8 Å². The summed E-state index contributed by atoms with van der Waals surface area (Å²) in [7, 11) is -3.32. The van der Waals surface area contributed by atoms with Crippen LogP contribution in [0.3, 0.4) is 0 Å². The monoisotopic (exact) mass is 471 g/mol. The van der Waals surface area contributed by atoms with Crippen molar-refractivity contribution in [3.63, 3.8) is 0 Å². The average molecular weight is 472 g/mol. The number of carbonyl (C=O) groups excluding carboxylic acids is 1. The first-order valence-corrected chi connectivity index (χ1v) is 11.7. The number of amides is 1. The van der Waals surface area contributed by atoms with Gasteiger partial charge in [0, 0.05) is 12.1 Å². The SMILES string of the molecule is CCS(=O)(=O)c1ccc(CNC(=O)c2ccc(C(O)(CC(C)(C)C)C(F)(F)F)cc2)cc1. The summed E-state index contributed by atoms with van der Waals surface area (Å²) in [5, 5.41) is 13.1. The molecule has 2 aromatic rings. The molecule has 2 aromatic carbocycles. The standard InChI is InChI=1S/C23H28F3NO4S/c1-5-32(30,31)19-12-6-16(7-13-19)14-27-20(28)17-8-10-18(11-9-17)22(29,23(24,25)26)15-21(2,3)4/h6-13,29H,5,14-15H2,1-4H3,(H,27,28). The second-order valence-electron chi connectivity index (χ2n) is 8.90. The van der Waals surface area contributed by atoms with Gasteiger partial charge in [-0.25, -0.2) is 8.42 Å². The van der Waals surface area contributed by atoms with Gasteiger partial charge in [0.25, 0.3) is 5.91 Å². The molecular formula is C23H28F3NO4S. The molecule has 0 aliphatic carbocycles. The molecule has 176 valence electrons. The largest absolute Gasteiger partial charge is 0.421 e. The quantitative estimate of drug-likeness (QED) is 0.619. The Bertz CT molecular complexity index is 1040. The van der Waals surface area contributed by atoms with Crippen LogP contribution < -0.4 is 5.32 Å². The number of alkyl halides is 3. The van der Waals surface area contributed by atoms with E-state index in [4.69, 9.17) is 0 Å². The summed E-state index contributed by atoms with van der Waals surface area (Å²) in [6.45, 7) is 6.48. The first kappa shape index (κ1) is 25.9. The second-order valence-corrected chi connectivity index (χ2v) is 11.2. The van der Waals surface area contributed by atoms with Gasteiger partial charge in [0.15, 0.2) is 15.4 Å². The number of sulfone groups is 1. The molecule has 0 heterocycles. The van der Waals surface area contributed by atoms with Gasteiger partial charge in [0.05, 0.1) is 10.6 Å². The molecule has 0 aliphatic heterocycles. The van der Waals surface area contributed by atoms with E-state index in [2.05, 4.69) is 5.32 Å². The fourth-order valence-corrected chi connectivity index (χ4v) is 4.18. The van der Waals surface area contributed by atoms with E-state index < -0.39 is 39.4 Å². The van der Waals surface area contributed by atoms with Crippen molar-refractivity contribution in [2.24, 2.45) is 5.41 Å². The van der Waals surface area contributed by atoms with Crippen LogP contribution in [0.5, 0.6) is 0 Å². The normalized spacial score (nSPS) is 14.6. The molecule has 2 rings (SSSR count). The Labute approximate surface area is 186 Å². The van der Waals surface area contributed by atoms with E-state index in [0.717, 1.165) is 12.1 Å². The van der Waals surface area contributed by atoms with Gasteiger partial charge in [-0.05, 0) is 47.2 Å². The van der Waals surface area contributed by atoms with E-state index in [1.807, 2.05) is 0 Å². The zero-order valence-corrected chi connectivity index (χ0v) is 19.3. The van der Waals surface area contributed by atoms with Gasteiger partial charge < -0.3 is 10.4 Å². The van der Waals surface area contributed by atoms with Crippen molar-refractivity contribution in [2.75, 3.05) is 5.75 Å². The number of benzene rings is 2. The molecule has 1 amide bonds. The Morgan fingerprint density at radius 3 is 1.94 bits per heavy atom. The molecule has 0 saturated carbocycles. The first-order chi connectivity index (χ1) is 14.6. The number of hydrogen-bond donors (Lipinski definition) is 2. The molecule has 0 aromatic heterocycles. The maximum Gasteiger partial charge on any atom is 0.421 e. The zero-order valence-electron chi connectivity index (χ0n) is 18.5. The number of nitrogens with one attached hydrogen (secondary N) is 1. The molecule has 0 radical (unpaired) electrons. The fraction of sp³-hybridized carbons (Fsp3) is 0.435. The molecule has 9 heteroatoms. The van der Waals surface area contributed by atoms with Gasteiger partial charge in [-0.2, -0.15) is 13.2 Å². The van der Waals surface area contributed by atoms with Crippen molar-refractivity contribution in [1.82, 2.24) is 5.32 Å². The lowest BCUT2D eigenvalue weighted by Gasteiger charge is -2.36. The molecule has 2 N–H and O–H groups in total. The summed E-state index contributed by atoms with van der Waals surface area (Å²) in [5.74, 6) is -0.522. The summed E-state index contributed by atoms with van der Waals surface area (Å²) < 4.78 is 64.6. The molecule has 0 saturated heterocycles. The van der Waals surface area contributed by atoms with Crippen LogP contribution in [0.2, 0.25) is 0 Å². The van der Waals surface area contributed by atoms with Gasteiger partial charge in [-0.3, -0.25) is 4.79 Å². The predicted octanol–water partition coefficient (Wildman–Crippen LogP) is 4.60. The molecule has 0 bridgehead atoms. The van der Waals surface area contributed by atoms with Crippen LogP contribution in [0.25, 0.3) is 0 Å². The van der Waals surface area contributed by atoms with Crippen LogP contribution in [0.15, 0.2) is 53.4 Å². The predicted molar refractivity (Wildman–Crippen MR) is 116 cm³/mol. The molecular weight excluding hydrogens is 443 g/mol. The van der Waals surface area contributed by atoms with Gasteiger partial charge in [0.1, 0.15) is 0 Å². The maximum absolute atomic E-state index is 13.6. The summed E-state index contributed by atoms with van der Waals surface area (Å²) in [6.07, 6.45) is -5.40. The maximum atomic E-state index is 13.6. The lowest BCUT2D eigenvalue weighted by atomic mass is 9.77. The molecule has 5 nitrogen and oxygen atoms in total. The minimum Gasteiger partial charge on any atom is -0.376 e. The van der Waals surface area contributed by atoms with E-state index >= 15 is 0 Å². The minimum absolute atomic E-state index is 0.0156. The Hall–Kier alpha value is -2.39. The van der Waals surface area contributed by atoms with Gasteiger partial charge in [-0.1, -0.05) is 52.0 Å². The van der Waals surface area contributed by atoms with Crippen LogP contribution in [0, 0.1) is 5.41 Å².